The minimum atomic E-state index is -1.43. The third kappa shape index (κ3) is 3.28. The van der Waals surface area contributed by atoms with Crippen LogP contribution in [0.4, 0.5) is 10.1 Å². The Morgan fingerprint density at radius 1 is 1.24 bits per heavy atom. The van der Waals surface area contributed by atoms with E-state index in [-0.39, 0.29) is 5.69 Å². The van der Waals surface area contributed by atoms with Crippen LogP contribution in [0.25, 0.3) is 0 Å². The predicted octanol–water partition coefficient (Wildman–Crippen LogP) is 3.85. The smallest absolute Gasteiger partial charge is 0.340 e. The molecule has 2 aromatic carbocycles. The highest BCUT2D eigenvalue weighted by atomic mass is 79.9. The monoisotopic (exact) mass is 351 g/mol. The van der Waals surface area contributed by atoms with E-state index in [0.29, 0.717) is 5.56 Å². The number of rotatable bonds is 3. The van der Waals surface area contributed by atoms with Crippen molar-refractivity contribution in [3.05, 3.63) is 63.4 Å². The molecule has 0 spiro atoms. The van der Waals surface area contributed by atoms with Crippen molar-refractivity contribution in [2.45, 2.75) is 6.92 Å². The molecule has 0 atom stereocenters. The van der Waals surface area contributed by atoms with E-state index in [4.69, 9.17) is 5.11 Å². The molecule has 0 aliphatic carbocycles. The molecule has 0 radical (unpaired) electrons. The van der Waals surface area contributed by atoms with Gasteiger partial charge < -0.3 is 10.4 Å². The number of carboxylic acid groups (broad SMARTS) is 1. The number of hydrogen-bond donors (Lipinski definition) is 2. The van der Waals surface area contributed by atoms with Crippen molar-refractivity contribution in [3.8, 4) is 0 Å². The minimum Gasteiger partial charge on any atom is -0.478 e. The fourth-order valence-corrected chi connectivity index (χ4v) is 2.39. The van der Waals surface area contributed by atoms with Gasteiger partial charge in [0.15, 0.2) is 0 Å². The third-order valence-electron chi connectivity index (χ3n) is 2.91. The van der Waals surface area contributed by atoms with E-state index in [2.05, 4.69) is 21.2 Å². The van der Waals surface area contributed by atoms with Crippen molar-refractivity contribution in [1.82, 2.24) is 0 Å². The molecular formula is C15H11BrFNO3. The zero-order valence-electron chi connectivity index (χ0n) is 11.0. The molecule has 0 fully saturated rings. The molecule has 0 saturated heterocycles. The Bertz CT molecular complexity index is 731. The predicted molar refractivity (Wildman–Crippen MR) is 80.2 cm³/mol. The number of aryl methyl sites for hydroxylation is 1. The third-order valence-corrected chi connectivity index (χ3v) is 3.40. The number of hydrogen-bond acceptors (Lipinski definition) is 2. The summed E-state index contributed by atoms with van der Waals surface area (Å²) in [5, 5.41) is 11.5. The van der Waals surface area contributed by atoms with Gasteiger partial charge in [-0.15, -0.1) is 0 Å². The fourth-order valence-electron chi connectivity index (χ4n) is 1.92. The second-order valence-electron chi connectivity index (χ2n) is 4.38. The number of carbonyl (C=O) groups is 2. The molecule has 0 heterocycles. The van der Waals surface area contributed by atoms with Crippen molar-refractivity contribution in [2.24, 2.45) is 0 Å². The van der Waals surface area contributed by atoms with Gasteiger partial charge in [-0.05, 0) is 42.8 Å². The number of carbonyl (C=O) groups excluding carboxylic acids is 1. The van der Waals surface area contributed by atoms with Crippen LogP contribution in [0.15, 0.2) is 40.9 Å². The first-order chi connectivity index (χ1) is 9.90. The molecule has 0 saturated carbocycles. The normalized spacial score (nSPS) is 10.2. The first-order valence-electron chi connectivity index (χ1n) is 5.99. The summed E-state index contributed by atoms with van der Waals surface area (Å²) in [5.41, 5.74) is 0.476. The summed E-state index contributed by atoms with van der Waals surface area (Å²) in [7, 11) is 0. The number of amides is 1. The Kier molecular flexibility index (Phi) is 4.37. The quantitative estimate of drug-likeness (QED) is 0.882. The van der Waals surface area contributed by atoms with Crippen molar-refractivity contribution in [1.29, 1.82) is 0 Å². The minimum absolute atomic E-state index is 0.0742. The van der Waals surface area contributed by atoms with Crippen LogP contribution in [0.1, 0.15) is 26.3 Å². The standard InChI is InChI=1S/C15H11BrFNO3/c1-8-7-9(16)5-6-10(8)14(19)18-12-4-2-3-11(17)13(12)15(20)21/h2-7H,1H3,(H,18,19)(H,20,21). The summed E-state index contributed by atoms with van der Waals surface area (Å²) in [6.45, 7) is 1.75. The van der Waals surface area contributed by atoms with Crippen LogP contribution in [0.2, 0.25) is 0 Å². The summed E-state index contributed by atoms with van der Waals surface area (Å²) >= 11 is 3.29. The second kappa shape index (κ2) is 6.05. The molecule has 1 amide bonds. The molecule has 0 bridgehead atoms. The van der Waals surface area contributed by atoms with Crippen LogP contribution in [0.5, 0.6) is 0 Å². The van der Waals surface area contributed by atoms with Crippen molar-refractivity contribution in [2.75, 3.05) is 5.32 Å². The summed E-state index contributed by atoms with van der Waals surface area (Å²) in [6.07, 6.45) is 0. The van der Waals surface area contributed by atoms with Gasteiger partial charge in [-0.25, -0.2) is 9.18 Å². The first-order valence-corrected chi connectivity index (χ1v) is 6.78. The average Bonchev–Trinajstić information content (AvgIpc) is 2.37. The lowest BCUT2D eigenvalue weighted by Crippen LogP contribution is -2.16. The van der Waals surface area contributed by atoms with E-state index >= 15 is 0 Å². The summed E-state index contributed by atoms with van der Waals surface area (Å²) in [4.78, 5) is 23.3. The van der Waals surface area contributed by atoms with Gasteiger partial charge in [-0.3, -0.25) is 4.79 Å². The second-order valence-corrected chi connectivity index (χ2v) is 5.30. The van der Waals surface area contributed by atoms with Gasteiger partial charge in [0.05, 0.1) is 5.69 Å². The molecule has 2 aromatic rings. The largest absolute Gasteiger partial charge is 0.478 e. The lowest BCUT2D eigenvalue weighted by atomic mass is 10.1. The van der Waals surface area contributed by atoms with Crippen LogP contribution < -0.4 is 5.32 Å². The molecule has 2 N–H and O–H groups in total. The fraction of sp³-hybridized carbons (Fsp3) is 0.0667. The highest BCUT2D eigenvalue weighted by Gasteiger charge is 2.18. The number of anilines is 1. The average molecular weight is 352 g/mol. The van der Waals surface area contributed by atoms with E-state index in [1.54, 1.807) is 25.1 Å². The molecule has 0 unspecified atom stereocenters. The van der Waals surface area contributed by atoms with E-state index in [9.17, 15) is 14.0 Å². The lowest BCUT2D eigenvalue weighted by Gasteiger charge is -2.10. The highest BCUT2D eigenvalue weighted by molar-refractivity contribution is 9.10. The Morgan fingerprint density at radius 2 is 1.95 bits per heavy atom. The molecule has 4 nitrogen and oxygen atoms in total. The maximum Gasteiger partial charge on any atom is 0.340 e. The molecule has 108 valence electrons. The maximum absolute atomic E-state index is 13.5. The molecular weight excluding hydrogens is 341 g/mol. The van der Waals surface area contributed by atoms with Gasteiger partial charge in [-0.1, -0.05) is 22.0 Å². The van der Waals surface area contributed by atoms with E-state index in [1.807, 2.05) is 0 Å². The number of aromatic carboxylic acids is 1. The Balaban J connectivity index is 2.36. The zero-order chi connectivity index (χ0) is 15.6. The van der Waals surface area contributed by atoms with Crippen molar-refractivity contribution < 1.29 is 19.1 Å². The van der Waals surface area contributed by atoms with Gasteiger partial charge in [-0.2, -0.15) is 0 Å². The zero-order valence-corrected chi connectivity index (χ0v) is 12.6. The Hall–Kier alpha value is -2.21. The first kappa shape index (κ1) is 15.2. The van der Waals surface area contributed by atoms with Gasteiger partial charge in [0, 0.05) is 10.0 Å². The van der Waals surface area contributed by atoms with Crippen LogP contribution in [0.3, 0.4) is 0 Å². The van der Waals surface area contributed by atoms with Crippen LogP contribution in [-0.2, 0) is 0 Å². The van der Waals surface area contributed by atoms with Gasteiger partial charge >= 0.3 is 5.97 Å². The van der Waals surface area contributed by atoms with Gasteiger partial charge in [0.1, 0.15) is 11.4 Å². The van der Waals surface area contributed by atoms with Crippen LogP contribution in [-0.4, -0.2) is 17.0 Å². The maximum atomic E-state index is 13.5. The van der Waals surface area contributed by atoms with Gasteiger partial charge in [0.2, 0.25) is 0 Å². The SMILES string of the molecule is Cc1cc(Br)ccc1C(=O)Nc1cccc(F)c1C(=O)O. The molecule has 2 rings (SSSR count). The van der Waals surface area contributed by atoms with Crippen molar-refractivity contribution in [3.63, 3.8) is 0 Å². The Morgan fingerprint density at radius 3 is 2.57 bits per heavy atom. The molecule has 21 heavy (non-hydrogen) atoms. The van der Waals surface area contributed by atoms with E-state index in [1.165, 1.54) is 12.1 Å². The van der Waals surface area contributed by atoms with Crippen LogP contribution >= 0.6 is 15.9 Å². The van der Waals surface area contributed by atoms with E-state index in [0.717, 1.165) is 16.1 Å². The molecule has 6 heteroatoms. The molecule has 0 aliphatic rings. The summed E-state index contributed by atoms with van der Waals surface area (Å²) < 4.78 is 14.4. The summed E-state index contributed by atoms with van der Waals surface area (Å²) in [6, 6.07) is 8.78. The van der Waals surface area contributed by atoms with Crippen molar-refractivity contribution >= 4 is 33.5 Å². The van der Waals surface area contributed by atoms with E-state index < -0.39 is 23.3 Å². The number of halogens is 2. The number of carboxylic acids is 1. The van der Waals surface area contributed by atoms with Crippen LogP contribution in [0, 0.1) is 12.7 Å². The number of benzene rings is 2. The Labute approximate surface area is 128 Å². The summed E-state index contributed by atoms with van der Waals surface area (Å²) in [5.74, 6) is -2.82. The lowest BCUT2D eigenvalue weighted by molar-refractivity contribution is 0.0693. The van der Waals surface area contributed by atoms with Gasteiger partial charge in [0.25, 0.3) is 5.91 Å². The molecule has 0 aromatic heterocycles. The topological polar surface area (TPSA) is 66.4 Å². The highest BCUT2D eigenvalue weighted by Crippen LogP contribution is 2.21. The molecule has 0 aliphatic heterocycles. The number of nitrogens with one attached hydrogen (secondary N) is 1.